The van der Waals surface area contributed by atoms with Gasteiger partial charge in [-0.25, -0.2) is 0 Å². The van der Waals surface area contributed by atoms with Gasteiger partial charge in [0.2, 0.25) is 0 Å². The molecule has 1 heterocycles. The van der Waals surface area contributed by atoms with E-state index in [2.05, 4.69) is 17.9 Å². The molecule has 0 aliphatic carbocycles. The molecule has 1 aliphatic heterocycles. The molecule has 2 aromatic carbocycles. The predicted molar refractivity (Wildman–Crippen MR) is 103 cm³/mol. The molecule has 0 bridgehead atoms. The summed E-state index contributed by atoms with van der Waals surface area (Å²) in [5, 5.41) is 0. The van der Waals surface area contributed by atoms with Crippen LogP contribution in [0, 0.1) is 6.92 Å². The van der Waals surface area contributed by atoms with Crippen molar-refractivity contribution in [2.45, 2.75) is 20.0 Å². The Labute approximate surface area is 155 Å². The molecular weight excluding hydrogens is 328 g/mol. The Bertz CT molecular complexity index is 791. The topological polar surface area (TPSA) is 42.0 Å². The van der Waals surface area contributed by atoms with Crippen molar-refractivity contribution in [1.82, 2.24) is 4.90 Å². The summed E-state index contributed by atoms with van der Waals surface area (Å²) < 4.78 is 11.5. The number of rotatable bonds is 5. The van der Waals surface area contributed by atoms with Gasteiger partial charge in [-0.3, -0.25) is 4.79 Å². The van der Waals surface area contributed by atoms with Crippen molar-refractivity contribution in [3.8, 4) is 11.5 Å². The van der Waals surface area contributed by atoms with E-state index >= 15 is 0 Å². The van der Waals surface area contributed by atoms with Crippen LogP contribution in [0.15, 0.2) is 42.5 Å². The standard InChI is InChI=1S/C21H26N2O3/c1-5-23-14-16(26-20-9-7-6-8-18(20)23)13-22(3)21(24)17-12-15(2)10-11-19(17)25-4/h6-12,16H,5,13-14H2,1-4H3/t16-/m1/s1. The lowest BCUT2D eigenvalue weighted by atomic mass is 10.1. The number of methoxy groups -OCH3 is 1. The highest BCUT2D eigenvalue weighted by Gasteiger charge is 2.27. The Morgan fingerprint density at radius 3 is 2.81 bits per heavy atom. The van der Waals surface area contributed by atoms with E-state index < -0.39 is 0 Å². The SMILES string of the molecule is CCN1C[C@@H](CN(C)C(=O)c2cc(C)ccc2OC)Oc2ccccc21. The van der Waals surface area contributed by atoms with Crippen molar-refractivity contribution >= 4 is 11.6 Å². The molecule has 0 fully saturated rings. The summed E-state index contributed by atoms with van der Waals surface area (Å²) in [7, 11) is 3.39. The van der Waals surface area contributed by atoms with Crippen LogP contribution in [-0.2, 0) is 0 Å². The molecule has 0 radical (unpaired) electrons. The highest BCUT2D eigenvalue weighted by atomic mass is 16.5. The molecule has 26 heavy (non-hydrogen) atoms. The van der Waals surface area contributed by atoms with Gasteiger partial charge in [0, 0.05) is 13.6 Å². The number of hydrogen-bond donors (Lipinski definition) is 0. The second-order valence-electron chi connectivity index (χ2n) is 6.64. The number of amides is 1. The number of para-hydroxylation sites is 2. The summed E-state index contributed by atoms with van der Waals surface area (Å²) in [6.45, 7) is 6.28. The average molecular weight is 354 g/mol. The number of fused-ring (bicyclic) bond motifs is 1. The Morgan fingerprint density at radius 2 is 2.08 bits per heavy atom. The summed E-state index contributed by atoms with van der Waals surface area (Å²) in [5.41, 5.74) is 2.72. The van der Waals surface area contributed by atoms with Crippen LogP contribution in [0.5, 0.6) is 11.5 Å². The molecule has 0 unspecified atom stereocenters. The van der Waals surface area contributed by atoms with Crippen LogP contribution < -0.4 is 14.4 Å². The highest BCUT2D eigenvalue weighted by Crippen LogP contribution is 2.33. The first-order chi connectivity index (χ1) is 12.5. The van der Waals surface area contributed by atoms with E-state index in [1.54, 1.807) is 12.0 Å². The normalized spacial score (nSPS) is 15.8. The molecule has 138 valence electrons. The molecule has 0 spiro atoms. The first-order valence-corrected chi connectivity index (χ1v) is 8.94. The second-order valence-corrected chi connectivity index (χ2v) is 6.64. The van der Waals surface area contributed by atoms with Crippen LogP contribution in [-0.4, -0.2) is 50.7 Å². The summed E-state index contributed by atoms with van der Waals surface area (Å²) in [6, 6.07) is 13.7. The zero-order valence-electron chi connectivity index (χ0n) is 15.9. The largest absolute Gasteiger partial charge is 0.496 e. The minimum absolute atomic E-state index is 0.0592. The Morgan fingerprint density at radius 1 is 1.31 bits per heavy atom. The van der Waals surface area contributed by atoms with E-state index in [4.69, 9.17) is 9.47 Å². The number of anilines is 1. The van der Waals surface area contributed by atoms with Crippen LogP contribution in [0.3, 0.4) is 0 Å². The second kappa shape index (κ2) is 7.68. The lowest BCUT2D eigenvalue weighted by Gasteiger charge is -2.37. The van der Waals surface area contributed by atoms with Crippen molar-refractivity contribution in [3.05, 3.63) is 53.6 Å². The lowest BCUT2D eigenvalue weighted by Crippen LogP contribution is -2.46. The van der Waals surface area contributed by atoms with Crippen molar-refractivity contribution in [2.24, 2.45) is 0 Å². The van der Waals surface area contributed by atoms with E-state index in [-0.39, 0.29) is 12.0 Å². The molecule has 5 nitrogen and oxygen atoms in total. The van der Waals surface area contributed by atoms with E-state index in [9.17, 15) is 4.79 Å². The molecule has 0 N–H and O–H groups in total. The zero-order chi connectivity index (χ0) is 18.7. The van der Waals surface area contributed by atoms with Crippen molar-refractivity contribution in [1.29, 1.82) is 0 Å². The van der Waals surface area contributed by atoms with Gasteiger partial charge in [0.05, 0.1) is 31.5 Å². The monoisotopic (exact) mass is 354 g/mol. The van der Waals surface area contributed by atoms with Gasteiger partial charge in [0.1, 0.15) is 17.6 Å². The summed E-state index contributed by atoms with van der Waals surface area (Å²) in [4.78, 5) is 16.9. The molecule has 1 atom stereocenters. The number of carbonyl (C=O) groups excluding carboxylic acids is 1. The number of nitrogens with zero attached hydrogens (tertiary/aromatic N) is 2. The molecule has 0 aromatic heterocycles. The summed E-state index contributed by atoms with van der Waals surface area (Å²) in [5.74, 6) is 1.41. The fourth-order valence-electron chi connectivity index (χ4n) is 3.36. The zero-order valence-corrected chi connectivity index (χ0v) is 15.9. The molecule has 1 amide bonds. The van der Waals surface area contributed by atoms with Gasteiger partial charge < -0.3 is 19.3 Å². The Balaban J connectivity index is 1.75. The molecule has 1 aliphatic rings. The van der Waals surface area contributed by atoms with Gasteiger partial charge in [-0.15, -0.1) is 0 Å². The number of ether oxygens (including phenoxy) is 2. The number of aryl methyl sites for hydroxylation is 1. The lowest BCUT2D eigenvalue weighted by molar-refractivity contribution is 0.0706. The maximum absolute atomic E-state index is 12.9. The van der Waals surface area contributed by atoms with Crippen LogP contribution in [0.2, 0.25) is 0 Å². The van der Waals surface area contributed by atoms with Gasteiger partial charge in [-0.1, -0.05) is 23.8 Å². The maximum atomic E-state index is 12.9. The molecule has 2 aromatic rings. The van der Waals surface area contributed by atoms with Crippen molar-refractivity contribution in [3.63, 3.8) is 0 Å². The Kier molecular flexibility index (Phi) is 5.35. The quantitative estimate of drug-likeness (QED) is 0.826. The first kappa shape index (κ1) is 18.1. The first-order valence-electron chi connectivity index (χ1n) is 8.94. The van der Waals surface area contributed by atoms with E-state index in [0.717, 1.165) is 30.1 Å². The van der Waals surface area contributed by atoms with Gasteiger partial charge in [-0.05, 0) is 38.1 Å². The van der Waals surface area contributed by atoms with Crippen LogP contribution in [0.25, 0.3) is 0 Å². The predicted octanol–water partition coefficient (Wildman–Crippen LogP) is 3.36. The maximum Gasteiger partial charge on any atom is 0.257 e. The molecule has 0 saturated carbocycles. The van der Waals surface area contributed by atoms with Crippen LogP contribution >= 0.6 is 0 Å². The molecular formula is C21H26N2O3. The fraction of sp³-hybridized carbons (Fsp3) is 0.381. The van der Waals surface area contributed by atoms with Gasteiger partial charge in [0.15, 0.2) is 0 Å². The number of carbonyl (C=O) groups is 1. The number of benzene rings is 2. The van der Waals surface area contributed by atoms with Crippen LogP contribution in [0.4, 0.5) is 5.69 Å². The summed E-state index contributed by atoms with van der Waals surface area (Å²) in [6.07, 6.45) is -0.0744. The smallest absolute Gasteiger partial charge is 0.257 e. The van der Waals surface area contributed by atoms with Crippen molar-refractivity contribution < 1.29 is 14.3 Å². The average Bonchev–Trinajstić information content (AvgIpc) is 2.66. The van der Waals surface area contributed by atoms with E-state index in [0.29, 0.717) is 17.9 Å². The molecule has 3 rings (SSSR count). The highest BCUT2D eigenvalue weighted by molar-refractivity contribution is 5.97. The van der Waals surface area contributed by atoms with Gasteiger partial charge in [-0.2, -0.15) is 0 Å². The van der Waals surface area contributed by atoms with E-state index in [1.807, 2.05) is 50.4 Å². The third-order valence-corrected chi connectivity index (χ3v) is 4.71. The van der Waals surface area contributed by atoms with Gasteiger partial charge >= 0.3 is 0 Å². The van der Waals surface area contributed by atoms with Crippen LogP contribution in [0.1, 0.15) is 22.8 Å². The Hall–Kier alpha value is -2.69. The van der Waals surface area contributed by atoms with Gasteiger partial charge in [0.25, 0.3) is 5.91 Å². The third-order valence-electron chi connectivity index (χ3n) is 4.71. The number of hydrogen-bond acceptors (Lipinski definition) is 4. The fourth-order valence-corrected chi connectivity index (χ4v) is 3.36. The minimum atomic E-state index is -0.0744. The van der Waals surface area contributed by atoms with Crippen molar-refractivity contribution in [2.75, 3.05) is 38.7 Å². The summed E-state index contributed by atoms with van der Waals surface area (Å²) >= 11 is 0. The number of likely N-dealkylation sites (N-methyl/N-ethyl adjacent to an activating group) is 2. The van der Waals surface area contributed by atoms with E-state index in [1.165, 1.54) is 0 Å². The third kappa shape index (κ3) is 3.62. The minimum Gasteiger partial charge on any atom is -0.496 e. The molecule has 0 saturated heterocycles. The molecule has 5 heteroatoms.